The minimum absolute atomic E-state index is 0.340. The van der Waals surface area contributed by atoms with Crippen LogP contribution in [-0.4, -0.2) is 36.1 Å². The number of nitrogens with zero attached hydrogens (tertiary/aromatic N) is 3. The molecular weight excluding hydrogens is 300 g/mol. The monoisotopic (exact) mass is 316 g/mol. The number of ether oxygens (including phenoxy) is 2. The first-order chi connectivity index (χ1) is 11.1. The normalized spacial score (nSPS) is 17.0. The summed E-state index contributed by atoms with van der Waals surface area (Å²) in [5.74, 6) is 1.69. The molecule has 2 aromatic rings. The van der Waals surface area contributed by atoms with E-state index in [0.29, 0.717) is 29.4 Å². The molecule has 2 amide bonds. The number of methoxy groups -OCH3 is 2. The highest BCUT2D eigenvalue weighted by Gasteiger charge is 2.33. The average molecular weight is 316 g/mol. The lowest BCUT2D eigenvalue weighted by molar-refractivity contribution is 0.196. The molecule has 120 valence electrons. The molecule has 2 N–H and O–H groups in total. The van der Waals surface area contributed by atoms with Crippen molar-refractivity contribution in [2.45, 2.75) is 12.5 Å². The van der Waals surface area contributed by atoms with Gasteiger partial charge in [-0.3, -0.25) is 0 Å². The smallest absolute Gasteiger partial charge is 0.335 e. The molecule has 0 fully saturated rings. The van der Waals surface area contributed by atoms with Gasteiger partial charge in [0.2, 0.25) is 0 Å². The van der Waals surface area contributed by atoms with Crippen LogP contribution < -0.4 is 15.2 Å². The predicted molar refractivity (Wildman–Crippen MR) is 81.4 cm³/mol. The van der Waals surface area contributed by atoms with Gasteiger partial charge in [-0.25, -0.2) is 9.80 Å². The minimum atomic E-state index is -0.640. The van der Waals surface area contributed by atoms with Crippen LogP contribution in [0.1, 0.15) is 23.8 Å². The molecule has 0 saturated heterocycles. The van der Waals surface area contributed by atoms with Crippen LogP contribution in [0.5, 0.6) is 11.5 Å². The summed E-state index contributed by atoms with van der Waals surface area (Å²) in [6, 6.07) is 6.14. The van der Waals surface area contributed by atoms with Gasteiger partial charge in [-0.1, -0.05) is 11.2 Å². The van der Waals surface area contributed by atoms with Crippen molar-refractivity contribution in [2.24, 2.45) is 10.8 Å². The Balaban J connectivity index is 1.95. The lowest BCUT2D eigenvalue weighted by Crippen LogP contribution is -2.31. The third kappa shape index (κ3) is 2.70. The van der Waals surface area contributed by atoms with E-state index in [9.17, 15) is 4.79 Å². The van der Waals surface area contributed by atoms with Crippen molar-refractivity contribution in [3.8, 4) is 11.5 Å². The SMILES string of the molecule is COc1ccc(C2CC(c3ccno3)=NN2C(N)=O)cc1OC. The molecule has 8 heteroatoms. The number of rotatable bonds is 4. The Kier molecular flexibility index (Phi) is 3.88. The topological polar surface area (TPSA) is 103 Å². The minimum Gasteiger partial charge on any atom is -0.493 e. The van der Waals surface area contributed by atoms with Gasteiger partial charge in [-0.05, 0) is 17.7 Å². The fourth-order valence-electron chi connectivity index (χ4n) is 2.55. The second-order valence-corrected chi connectivity index (χ2v) is 4.94. The Morgan fingerprint density at radius 1 is 1.30 bits per heavy atom. The maximum Gasteiger partial charge on any atom is 0.335 e. The first-order valence-electron chi connectivity index (χ1n) is 6.93. The van der Waals surface area contributed by atoms with Crippen LogP contribution in [0.2, 0.25) is 0 Å². The second-order valence-electron chi connectivity index (χ2n) is 4.94. The highest BCUT2D eigenvalue weighted by atomic mass is 16.5. The van der Waals surface area contributed by atoms with Gasteiger partial charge in [0.15, 0.2) is 17.3 Å². The van der Waals surface area contributed by atoms with E-state index in [2.05, 4.69) is 10.3 Å². The van der Waals surface area contributed by atoms with Crippen LogP contribution in [0.3, 0.4) is 0 Å². The fourth-order valence-corrected chi connectivity index (χ4v) is 2.55. The average Bonchev–Trinajstić information content (AvgIpc) is 3.23. The molecule has 1 unspecified atom stereocenters. The zero-order chi connectivity index (χ0) is 16.4. The summed E-state index contributed by atoms with van der Waals surface area (Å²) in [6.45, 7) is 0. The Bertz CT molecular complexity index is 742. The van der Waals surface area contributed by atoms with Crippen LogP contribution in [0.15, 0.2) is 40.1 Å². The van der Waals surface area contributed by atoms with Crippen molar-refractivity contribution in [1.29, 1.82) is 0 Å². The Morgan fingerprint density at radius 2 is 2.09 bits per heavy atom. The third-order valence-electron chi connectivity index (χ3n) is 3.65. The van der Waals surface area contributed by atoms with Crippen molar-refractivity contribution < 1.29 is 18.8 Å². The molecule has 1 aliphatic rings. The predicted octanol–water partition coefficient (Wildman–Crippen LogP) is 1.92. The van der Waals surface area contributed by atoms with Crippen LogP contribution in [0.25, 0.3) is 0 Å². The molecule has 0 radical (unpaired) electrons. The number of carbonyl (C=O) groups is 1. The number of hydrazone groups is 1. The number of amides is 2. The number of primary amides is 1. The van der Waals surface area contributed by atoms with Crippen LogP contribution in [0.4, 0.5) is 4.79 Å². The maximum absolute atomic E-state index is 11.7. The molecule has 0 spiro atoms. The standard InChI is InChI=1S/C15H16N4O4/c1-21-13-4-3-9(7-14(13)22-2)11-8-10(12-5-6-17-23-12)18-19(11)15(16)20/h3-7,11H,8H2,1-2H3,(H2,16,20). The number of carbonyl (C=O) groups excluding carboxylic acids is 1. The molecule has 2 heterocycles. The van der Waals surface area contributed by atoms with E-state index in [1.807, 2.05) is 6.07 Å². The molecule has 0 aliphatic carbocycles. The molecule has 0 saturated carbocycles. The number of hydrogen-bond acceptors (Lipinski definition) is 6. The van der Waals surface area contributed by atoms with Gasteiger partial charge < -0.3 is 19.7 Å². The van der Waals surface area contributed by atoms with Crippen LogP contribution in [-0.2, 0) is 0 Å². The van der Waals surface area contributed by atoms with E-state index in [-0.39, 0.29) is 6.04 Å². The molecule has 1 aromatic carbocycles. The van der Waals surface area contributed by atoms with Gasteiger partial charge in [0.25, 0.3) is 0 Å². The number of nitrogens with two attached hydrogens (primary N) is 1. The lowest BCUT2D eigenvalue weighted by Gasteiger charge is -2.20. The number of hydrogen-bond donors (Lipinski definition) is 1. The Hall–Kier alpha value is -3.03. The van der Waals surface area contributed by atoms with Gasteiger partial charge in [0, 0.05) is 12.5 Å². The molecular formula is C15H16N4O4. The molecule has 1 atom stereocenters. The number of urea groups is 1. The lowest BCUT2D eigenvalue weighted by atomic mass is 10.0. The fraction of sp³-hybridized carbons (Fsp3) is 0.267. The van der Waals surface area contributed by atoms with Gasteiger partial charge >= 0.3 is 6.03 Å². The Labute approximate surface area is 132 Å². The van der Waals surface area contributed by atoms with Crippen LogP contribution >= 0.6 is 0 Å². The third-order valence-corrected chi connectivity index (χ3v) is 3.65. The maximum atomic E-state index is 11.7. The molecule has 3 rings (SSSR count). The van der Waals surface area contributed by atoms with Gasteiger partial charge in [-0.2, -0.15) is 5.10 Å². The van der Waals surface area contributed by atoms with E-state index < -0.39 is 6.03 Å². The first kappa shape index (κ1) is 14.9. The number of aromatic nitrogens is 1. The summed E-state index contributed by atoms with van der Waals surface area (Å²) in [7, 11) is 3.12. The number of benzene rings is 1. The van der Waals surface area contributed by atoms with Crippen molar-refractivity contribution in [3.63, 3.8) is 0 Å². The van der Waals surface area contributed by atoms with E-state index in [1.165, 1.54) is 11.2 Å². The van der Waals surface area contributed by atoms with Crippen molar-refractivity contribution >= 4 is 11.7 Å². The quantitative estimate of drug-likeness (QED) is 0.928. The zero-order valence-electron chi connectivity index (χ0n) is 12.7. The summed E-state index contributed by atoms with van der Waals surface area (Å²) in [5, 5.41) is 9.15. The summed E-state index contributed by atoms with van der Waals surface area (Å²) in [5.41, 5.74) is 6.89. The summed E-state index contributed by atoms with van der Waals surface area (Å²) < 4.78 is 15.6. The highest BCUT2D eigenvalue weighted by Crippen LogP contribution is 2.36. The van der Waals surface area contributed by atoms with Crippen molar-refractivity contribution in [2.75, 3.05) is 14.2 Å². The van der Waals surface area contributed by atoms with Gasteiger partial charge in [0.05, 0.1) is 26.5 Å². The highest BCUT2D eigenvalue weighted by molar-refractivity contribution is 6.00. The zero-order valence-corrected chi connectivity index (χ0v) is 12.7. The van der Waals surface area contributed by atoms with Gasteiger partial charge in [0.1, 0.15) is 5.71 Å². The van der Waals surface area contributed by atoms with Gasteiger partial charge in [-0.15, -0.1) is 0 Å². The van der Waals surface area contributed by atoms with E-state index in [1.54, 1.807) is 32.4 Å². The van der Waals surface area contributed by atoms with Crippen molar-refractivity contribution in [1.82, 2.24) is 10.2 Å². The summed E-state index contributed by atoms with van der Waals surface area (Å²) in [4.78, 5) is 11.7. The summed E-state index contributed by atoms with van der Waals surface area (Å²) >= 11 is 0. The van der Waals surface area contributed by atoms with Crippen LogP contribution in [0, 0.1) is 0 Å². The van der Waals surface area contributed by atoms with E-state index in [4.69, 9.17) is 19.7 Å². The molecule has 0 bridgehead atoms. The largest absolute Gasteiger partial charge is 0.493 e. The first-order valence-corrected chi connectivity index (χ1v) is 6.93. The van der Waals surface area contributed by atoms with E-state index >= 15 is 0 Å². The molecule has 23 heavy (non-hydrogen) atoms. The van der Waals surface area contributed by atoms with E-state index in [0.717, 1.165) is 5.56 Å². The Morgan fingerprint density at radius 3 is 2.70 bits per heavy atom. The molecule has 8 nitrogen and oxygen atoms in total. The van der Waals surface area contributed by atoms with Crippen molar-refractivity contribution in [3.05, 3.63) is 41.8 Å². The second kappa shape index (κ2) is 5.99. The summed E-state index contributed by atoms with van der Waals surface area (Å²) in [6.07, 6.45) is 1.99. The molecule has 1 aromatic heterocycles. The molecule has 1 aliphatic heterocycles.